The van der Waals surface area contributed by atoms with E-state index in [0.29, 0.717) is 6.04 Å². The lowest BCUT2D eigenvalue weighted by molar-refractivity contribution is 0.234. The quantitative estimate of drug-likeness (QED) is 0.683. The lowest BCUT2D eigenvalue weighted by Gasteiger charge is -2.26. The van der Waals surface area contributed by atoms with Gasteiger partial charge in [-0.15, -0.1) is 0 Å². The fraction of sp³-hybridized carbons (Fsp3) is 0.500. The van der Waals surface area contributed by atoms with Gasteiger partial charge in [0.15, 0.2) is 0 Å². The lowest BCUT2D eigenvalue weighted by atomic mass is 10.1. The molecule has 0 heterocycles. The molecule has 0 saturated heterocycles. The van der Waals surface area contributed by atoms with Crippen molar-refractivity contribution in [1.82, 2.24) is 4.90 Å². The molecule has 1 rings (SSSR count). The summed E-state index contributed by atoms with van der Waals surface area (Å²) in [4.78, 5) is 2.45. The van der Waals surface area contributed by atoms with Gasteiger partial charge in [-0.1, -0.05) is 44.2 Å². The number of rotatable bonds is 4. The van der Waals surface area contributed by atoms with Gasteiger partial charge in [0, 0.05) is 6.04 Å². The predicted octanol–water partition coefficient (Wildman–Crippen LogP) is 3.09. The lowest BCUT2D eigenvalue weighted by Crippen LogP contribution is -2.26. The SMILES string of the molecule is CCN(CC)[C@H](C)c1ccccc1. The van der Waals surface area contributed by atoms with Crippen molar-refractivity contribution in [2.45, 2.75) is 26.8 Å². The average Bonchev–Trinajstić information content (AvgIpc) is 2.21. The Morgan fingerprint density at radius 1 is 1.08 bits per heavy atom. The van der Waals surface area contributed by atoms with Crippen molar-refractivity contribution < 1.29 is 0 Å². The van der Waals surface area contributed by atoms with Crippen LogP contribution in [0.1, 0.15) is 32.4 Å². The molecule has 1 aromatic rings. The Kier molecular flexibility index (Phi) is 3.97. The van der Waals surface area contributed by atoms with Crippen LogP contribution >= 0.6 is 0 Å². The Labute approximate surface area is 81.4 Å². The second-order valence-corrected chi connectivity index (χ2v) is 3.31. The molecule has 0 N–H and O–H groups in total. The van der Waals surface area contributed by atoms with E-state index in [2.05, 4.69) is 56.0 Å². The first-order valence-corrected chi connectivity index (χ1v) is 5.08. The summed E-state index contributed by atoms with van der Waals surface area (Å²) in [5, 5.41) is 0. The first-order valence-electron chi connectivity index (χ1n) is 5.08. The summed E-state index contributed by atoms with van der Waals surface area (Å²) in [5.74, 6) is 0. The van der Waals surface area contributed by atoms with Crippen molar-refractivity contribution in [2.24, 2.45) is 0 Å². The van der Waals surface area contributed by atoms with Gasteiger partial charge in [-0.3, -0.25) is 4.90 Å². The second kappa shape index (κ2) is 5.03. The van der Waals surface area contributed by atoms with Crippen LogP contribution in [0.5, 0.6) is 0 Å². The zero-order valence-electron chi connectivity index (χ0n) is 8.83. The molecule has 0 spiro atoms. The fourth-order valence-electron chi connectivity index (χ4n) is 1.71. The summed E-state index contributed by atoms with van der Waals surface area (Å²) in [5.41, 5.74) is 1.41. The van der Waals surface area contributed by atoms with Crippen molar-refractivity contribution in [3.05, 3.63) is 35.9 Å². The van der Waals surface area contributed by atoms with Gasteiger partial charge in [0.25, 0.3) is 0 Å². The Hall–Kier alpha value is -0.820. The Morgan fingerprint density at radius 2 is 1.62 bits per heavy atom. The molecule has 72 valence electrons. The third-order valence-corrected chi connectivity index (χ3v) is 2.64. The Morgan fingerprint density at radius 3 is 2.08 bits per heavy atom. The largest absolute Gasteiger partial charge is 0.297 e. The molecule has 0 fully saturated rings. The molecule has 0 unspecified atom stereocenters. The molecule has 0 aliphatic heterocycles. The van der Waals surface area contributed by atoms with E-state index in [1.807, 2.05) is 0 Å². The molecule has 1 atom stereocenters. The highest BCUT2D eigenvalue weighted by molar-refractivity contribution is 5.18. The number of hydrogen-bond acceptors (Lipinski definition) is 1. The molecule has 0 amide bonds. The first-order chi connectivity index (χ1) is 6.29. The van der Waals surface area contributed by atoms with Crippen LogP contribution in [0.25, 0.3) is 0 Å². The summed E-state index contributed by atoms with van der Waals surface area (Å²) in [7, 11) is 0. The van der Waals surface area contributed by atoms with Crippen LogP contribution < -0.4 is 0 Å². The third kappa shape index (κ3) is 2.56. The van der Waals surface area contributed by atoms with Crippen LogP contribution in [-0.2, 0) is 0 Å². The van der Waals surface area contributed by atoms with Crippen LogP contribution in [0, 0.1) is 0 Å². The fourth-order valence-corrected chi connectivity index (χ4v) is 1.71. The van der Waals surface area contributed by atoms with Crippen molar-refractivity contribution in [3.8, 4) is 0 Å². The molecular formula is C12H19N. The summed E-state index contributed by atoms with van der Waals surface area (Å²) in [6.45, 7) is 8.92. The zero-order chi connectivity index (χ0) is 9.68. The van der Waals surface area contributed by atoms with E-state index < -0.39 is 0 Å². The van der Waals surface area contributed by atoms with Crippen LogP contribution in [0.15, 0.2) is 30.3 Å². The highest BCUT2D eigenvalue weighted by Crippen LogP contribution is 2.18. The molecule has 1 heteroatoms. The van der Waals surface area contributed by atoms with Crippen LogP contribution in [0.3, 0.4) is 0 Å². The van der Waals surface area contributed by atoms with E-state index in [1.54, 1.807) is 0 Å². The van der Waals surface area contributed by atoms with E-state index in [4.69, 9.17) is 0 Å². The molecule has 0 bridgehead atoms. The summed E-state index contributed by atoms with van der Waals surface area (Å²) in [6.07, 6.45) is 0. The Bertz CT molecular complexity index is 226. The van der Waals surface area contributed by atoms with Gasteiger partial charge in [-0.05, 0) is 25.6 Å². The van der Waals surface area contributed by atoms with Crippen molar-refractivity contribution >= 4 is 0 Å². The topological polar surface area (TPSA) is 3.24 Å². The summed E-state index contributed by atoms with van der Waals surface area (Å²) >= 11 is 0. The van der Waals surface area contributed by atoms with Gasteiger partial charge in [0.2, 0.25) is 0 Å². The number of hydrogen-bond donors (Lipinski definition) is 0. The highest BCUT2D eigenvalue weighted by atomic mass is 15.1. The first kappa shape index (κ1) is 10.3. The van der Waals surface area contributed by atoms with E-state index in [1.165, 1.54) is 5.56 Å². The summed E-state index contributed by atoms with van der Waals surface area (Å²) < 4.78 is 0. The molecular weight excluding hydrogens is 158 g/mol. The zero-order valence-corrected chi connectivity index (χ0v) is 8.83. The van der Waals surface area contributed by atoms with E-state index in [9.17, 15) is 0 Å². The van der Waals surface area contributed by atoms with E-state index in [-0.39, 0.29) is 0 Å². The van der Waals surface area contributed by atoms with E-state index in [0.717, 1.165) is 13.1 Å². The Balaban J connectivity index is 2.72. The standard InChI is InChI=1S/C12H19N/c1-4-13(5-2)11(3)12-9-7-6-8-10-12/h6-11H,4-5H2,1-3H3/t11-/m1/s1. The van der Waals surface area contributed by atoms with Gasteiger partial charge in [-0.25, -0.2) is 0 Å². The van der Waals surface area contributed by atoms with Crippen molar-refractivity contribution in [3.63, 3.8) is 0 Å². The maximum Gasteiger partial charge on any atom is 0.0319 e. The third-order valence-electron chi connectivity index (χ3n) is 2.64. The van der Waals surface area contributed by atoms with Crippen LogP contribution in [0.2, 0.25) is 0 Å². The van der Waals surface area contributed by atoms with Crippen molar-refractivity contribution in [2.75, 3.05) is 13.1 Å². The normalized spacial score (nSPS) is 13.2. The van der Waals surface area contributed by atoms with Crippen LogP contribution in [0.4, 0.5) is 0 Å². The maximum absolute atomic E-state index is 2.45. The minimum Gasteiger partial charge on any atom is -0.297 e. The molecule has 0 aliphatic rings. The van der Waals surface area contributed by atoms with Crippen LogP contribution in [-0.4, -0.2) is 18.0 Å². The number of benzene rings is 1. The molecule has 13 heavy (non-hydrogen) atoms. The predicted molar refractivity (Wildman–Crippen MR) is 57.8 cm³/mol. The minimum atomic E-state index is 0.538. The maximum atomic E-state index is 2.45. The van der Waals surface area contributed by atoms with Gasteiger partial charge < -0.3 is 0 Å². The van der Waals surface area contributed by atoms with E-state index >= 15 is 0 Å². The number of nitrogens with zero attached hydrogens (tertiary/aromatic N) is 1. The molecule has 0 radical (unpaired) electrons. The molecule has 0 aromatic heterocycles. The summed E-state index contributed by atoms with van der Waals surface area (Å²) in [6, 6.07) is 11.2. The smallest absolute Gasteiger partial charge is 0.0319 e. The molecule has 1 nitrogen and oxygen atoms in total. The van der Waals surface area contributed by atoms with Gasteiger partial charge in [0.05, 0.1) is 0 Å². The second-order valence-electron chi connectivity index (χ2n) is 3.31. The highest BCUT2D eigenvalue weighted by Gasteiger charge is 2.10. The minimum absolute atomic E-state index is 0.538. The average molecular weight is 177 g/mol. The van der Waals surface area contributed by atoms with Gasteiger partial charge in [-0.2, -0.15) is 0 Å². The molecule has 0 saturated carbocycles. The van der Waals surface area contributed by atoms with Gasteiger partial charge >= 0.3 is 0 Å². The molecule has 0 aliphatic carbocycles. The van der Waals surface area contributed by atoms with Crippen molar-refractivity contribution in [1.29, 1.82) is 0 Å². The van der Waals surface area contributed by atoms with Gasteiger partial charge in [0.1, 0.15) is 0 Å². The monoisotopic (exact) mass is 177 g/mol. The molecule has 1 aromatic carbocycles.